The van der Waals surface area contributed by atoms with E-state index in [1.165, 1.54) is 21.7 Å². The molecule has 0 aliphatic rings. The largest absolute Gasteiger partial charge is 0.294 e. The van der Waals surface area contributed by atoms with Crippen LogP contribution in [0.3, 0.4) is 0 Å². The smallest absolute Gasteiger partial charge is 0.145 e. The first-order chi connectivity index (χ1) is 22.2. The Morgan fingerprint density at radius 3 is 1.53 bits per heavy atom. The van der Waals surface area contributed by atoms with E-state index in [-0.39, 0.29) is 0 Å². The van der Waals surface area contributed by atoms with Gasteiger partial charge in [-0.1, -0.05) is 91.0 Å². The highest BCUT2D eigenvalue weighted by Gasteiger charge is 2.16. The molecule has 0 spiro atoms. The van der Waals surface area contributed by atoms with Crippen molar-refractivity contribution in [3.8, 4) is 33.6 Å². The van der Waals surface area contributed by atoms with E-state index in [4.69, 9.17) is 9.97 Å². The molecule has 0 N–H and O–H groups in total. The van der Waals surface area contributed by atoms with E-state index in [0.717, 1.165) is 61.3 Å². The molecular weight excluding hydrogens is 548 g/mol. The quantitative estimate of drug-likeness (QED) is 0.209. The highest BCUT2D eigenvalue weighted by Crippen LogP contribution is 2.36. The average Bonchev–Trinajstić information content (AvgIpc) is 3.61. The Bertz CT molecular complexity index is 2550. The molecule has 212 valence electrons. The number of para-hydroxylation sites is 2. The molecule has 0 unspecified atom stereocenters. The molecule has 45 heavy (non-hydrogen) atoms. The molecule has 5 aromatic carbocycles. The van der Waals surface area contributed by atoms with Crippen LogP contribution in [0.5, 0.6) is 0 Å². The number of aryl methyl sites for hydroxylation is 1. The highest BCUT2D eigenvalue weighted by atomic mass is 15.1. The van der Waals surface area contributed by atoms with Gasteiger partial charge < -0.3 is 0 Å². The van der Waals surface area contributed by atoms with Crippen LogP contribution >= 0.6 is 0 Å². The normalized spacial score (nSPS) is 11.7. The lowest BCUT2D eigenvalue weighted by Crippen LogP contribution is -1.97. The number of hydrogen-bond acceptors (Lipinski definition) is 2. The van der Waals surface area contributed by atoms with Crippen molar-refractivity contribution in [1.29, 1.82) is 0 Å². The summed E-state index contributed by atoms with van der Waals surface area (Å²) in [7, 11) is 0. The SMILES string of the molecule is Cc1cnc2c(c1)c1ccccc1n2-c1cccc(-c2cccc(-n3c4ccccc4c4cc(-c5ccccc5)cnc43)c2)c1. The highest BCUT2D eigenvalue weighted by molar-refractivity contribution is 6.09. The first kappa shape index (κ1) is 25.5. The lowest BCUT2D eigenvalue weighted by molar-refractivity contribution is 1.13. The van der Waals surface area contributed by atoms with Crippen LogP contribution in [0, 0.1) is 6.92 Å². The fraction of sp³-hybridized carbons (Fsp3) is 0.0244. The third kappa shape index (κ3) is 4.07. The minimum Gasteiger partial charge on any atom is -0.294 e. The van der Waals surface area contributed by atoms with Crippen molar-refractivity contribution in [2.45, 2.75) is 6.92 Å². The van der Waals surface area contributed by atoms with Gasteiger partial charge in [0.25, 0.3) is 0 Å². The van der Waals surface area contributed by atoms with Crippen LogP contribution in [0.25, 0.3) is 77.5 Å². The van der Waals surface area contributed by atoms with Crippen LogP contribution in [0.15, 0.2) is 152 Å². The van der Waals surface area contributed by atoms with E-state index < -0.39 is 0 Å². The minimum absolute atomic E-state index is 0.952. The van der Waals surface area contributed by atoms with Crippen LogP contribution in [-0.4, -0.2) is 19.1 Å². The fourth-order valence-corrected chi connectivity index (χ4v) is 6.75. The van der Waals surface area contributed by atoms with E-state index in [2.05, 4.69) is 150 Å². The van der Waals surface area contributed by atoms with E-state index >= 15 is 0 Å². The predicted molar refractivity (Wildman–Crippen MR) is 186 cm³/mol. The molecule has 0 saturated heterocycles. The molecule has 0 aliphatic heterocycles. The molecule has 4 aromatic heterocycles. The van der Waals surface area contributed by atoms with Crippen molar-refractivity contribution < 1.29 is 0 Å². The molecule has 0 atom stereocenters. The molecule has 0 radical (unpaired) electrons. The van der Waals surface area contributed by atoms with Gasteiger partial charge >= 0.3 is 0 Å². The van der Waals surface area contributed by atoms with Gasteiger partial charge in [0.05, 0.1) is 11.0 Å². The van der Waals surface area contributed by atoms with Gasteiger partial charge in [-0.2, -0.15) is 0 Å². The molecule has 0 aliphatic carbocycles. The summed E-state index contributed by atoms with van der Waals surface area (Å²) in [4.78, 5) is 9.92. The summed E-state index contributed by atoms with van der Waals surface area (Å²) in [5.74, 6) is 0. The Morgan fingerprint density at radius 1 is 0.400 bits per heavy atom. The monoisotopic (exact) mass is 576 g/mol. The summed E-state index contributed by atoms with van der Waals surface area (Å²) in [6, 6.07) is 49.6. The van der Waals surface area contributed by atoms with Gasteiger partial charge in [0.15, 0.2) is 0 Å². The second-order valence-corrected chi connectivity index (χ2v) is 11.7. The Hall–Kier alpha value is -6.00. The van der Waals surface area contributed by atoms with Crippen LogP contribution < -0.4 is 0 Å². The van der Waals surface area contributed by atoms with Crippen LogP contribution in [0.4, 0.5) is 0 Å². The number of hydrogen-bond donors (Lipinski definition) is 0. The van der Waals surface area contributed by atoms with Crippen LogP contribution in [0.1, 0.15) is 5.56 Å². The standard InChI is InChI=1S/C41H28N4/c1-27-21-36-34-17-5-7-19-38(34)44(40(36)42-25-27)32-15-9-13-29(22-32)30-14-10-16-33(23-30)45-39-20-8-6-18-35(39)37-24-31(26-43-41(37)45)28-11-3-2-4-12-28/h2-26H,1H3. The van der Waals surface area contributed by atoms with Crippen molar-refractivity contribution >= 4 is 43.9 Å². The van der Waals surface area contributed by atoms with E-state index in [1.54, 1.807) is 0 Å². The maximum atomic E-state index is 5.04. The van der Waals surface area contributed by atoms with Crippen molar-refractivity contribution in [2.75, 3.05) is 0 Å². The number of aromatic nitrogens is 4. The topological polar surface area (TPSA) is 35.6 Å². The lowest BCUT2D eigenvalue weighted by Gasteiger charge is -2.12. The first-order valence-corrected chi connectivity index (χ1v) is 15.2. The molecule has 0 bridgehead atoms. The summed E-state index contributed by atoms with van der Waals surface area (Å²) in [6.07, 6.45) is 3.94. The van der Waals surface area contributed by atoms with Crippen molar-refractivity contribution in [3.63, 3.8) is 0 Å². The number of fused-ring (bicyclic) bond motifs is 6. The van der Waals surface area contributed by atoms with Crippen LogP contribution in [0.2, 0.25) is 0 Å². The van der Waals surface area contributed by atoms with Gasteiger partial charge in [-0.3, -0.25) is 9.13 Å². The van der Waals surface area contributed by atoms with Gasteiger partial charge in [0.1, 0.15) is 11.3 Å². The van der Waals surface area contributed by atoms with E-state index in [9.17, 15) is 0 Å². The summed E-state index contributed by atoms with van der Waals surface area (Å²) in [5, 5.41) is 4.73. The Balaban J connectivity index is 1.20. The second kappa shape index (κ2) is 10.0. The van der Waals surface area contributed by atoms with Gasteiger partial charge in [0.2, 0.25) is 0 Å². The third-order valence-electron chi connectivity index (χ3n) is 8.81. The number of nitrogens with zero attached hydrogens (tertiary/aromatic N) is 4. The van der Waals surface area contributed by atoms with Crippen molar-refractivity contribution in [2.24, 2.45) is 0 Å². The van der Waals surface area contributed by atoms with Gasteiger partial charge in [-0.25, -0.2) is 9.97 Å². The second-order valence-electron chi connectivity index (χ2n) is 11.7. The number of rotatable bonds is 4. The van der Waals surface area contributed by atoms with Crippen molar-refractivity contribution in [3.05, 3.63) is 157 Å². The molecule has 4 heterocycles. The van der Waals surface area contributed by atoms with Gasteiger partial charge in [-0.15, -0.1) is 0 Å². The zero-order valence-corrected chi connectivity index (χ0v) is 24.7. The number of benzene rings is 5. The number of pyridine rings is 2. The Labute approximate surface area is 260 Å². The van der Waals surface area contributed by atoms with Gasteiger partial charge in [0, 0.05) is 50.9 Å². The predicted octanol–water partition coefficient (Wildman–Crippen LogP) is 10.3. The fourth-order valence-electron chi connectivity index (χ4n) is 6.75. The molecule has 9 aromatic rings. The zero-order valence-electron chi connectivity index (χ0n) is 24.7. The first-order valence-electron chi connectivity index (χ1n) is 15.2. The van der Waals surface area contributed by atoms with E-state index in [1.807, 2.05) is 18.5 Å². The summed E-state index contributed by atoms with van der Waals surface area (Å²) in [6.45, 7) is 2.10. The Morgan fingerprint density at radius 2 is 0.911 bits per heavy atom. The Kier molecular flexibility index (Phi) is 5.69. The van der Waals surface area contributed by atoms with Gasteiger partial charge in [-0.05, 0) is 77.7 Å². The summed E-state index contributed by atoms with van der Waals surface area (Å²) in [5.41, 5.74) is 12.1. The average molecular weight is 577 g/mol. The van der Waals surface area contributed by atoms with Crippen molar-refractivity contribution in [1.82, 2.24) is 19.1 Å². The third-order valence-corrected chi connectivity index (χ3v) is 8.81. The maximum absolute atomic E-state index is 5.04. The molecule has 0 fully saturated rings. The summed E-state index contributed by atoms with van der Waals surface area (Å²) >= 11 is 0. The zero-order chi connectivity index (χ0) is 29.9. The minimum atomic E-state index is 0.952. The van der Waals surface area contributed by atoms with E-state index in [0.29, 0.717) is 0 Å². The molecule has 4 heteroatoms. The molecule has 0 amide bonds. The molecular formula is C41H28N4. The maximum Gasteiger partial charge on any atom is 0.145 e. The lowest BCUT2D eigenvalue weighted by atomic mass is 10.0. The molecule has 0 saturated carbocycles. The summed E-state index contributed by atoms with van der Waals surface area (Å²) < 4.78 is 4.56. The van der Waals surface area contributed by atoms with Crippen LogP contribution in [-0.2, 0) is 0 Å². The molecule has 9 rings (SSSR count). The molecule has 4 nitrogen and oxygen atoms in total.